The molecule has 0 saturated heterocycles. The van der Waals surface area contributed by atoms with E-state index in [0.717, 1.165) is 4.90 Å². The Morgan fingerprint density at radius 1 is 1.10 bits per heavy atom. The van der Waals surface area contributed by atoms with Gasteiger partial charge in [0.2, 0.25) is 5.91 Å². The molecular formula is C13H8Cl4N2OS. The number of rotatable bonds is 4. The largest absolute Gasteiger partial charge is 0.309 e. The Morgan fingerprint density at radius 2 is 1.86 bits per heavy atom. The Hall–Kier alpha value is -0.650. The molecule has 0 aliphatic heterocycles. The lowest BCUT2D eigenvalue weighted by Gasteiger charge is -2.07. The Bertz CT molecular complexity index is 681. The molecular weight excluding hydrogens is 374 g/mol. The van der Waals surface area contributed by atoms with Gasteiger partial charge < -0.3 is 5.32 Å². The highest BCUT2D eigenvalue weighted by atomic mass is 35.5. The van der Waals surface area contributed by atoms with Crippen molar-refractivity contribution in [3.63, 3.8) is 0 Å². The second-order valence-corrected chi connectivity index (χ2v) is 6.60. The summed E-state index contributed by atoms with van der Waals surface area (Å²) in [5.41, 5.74) is 0. The molecule has 1 amide bonds. The van der Waals surface area contributed by atoms with Gasteiger partial charge in [-0.3, -0.25) is 4.79 Å². The zero-order valence-electron chi connectivity index (χ0n) is 10.4. The van der Waals surface area contributed by atoms with Crippen molar-refractivity contribution in [1.29, 1.82) is 0 Å². The van der Waals surface area contributed by atoms with Gasteiger partial charge in [-0.2, -0.15) is 0 Å². The van der Waals surface area contributed by atoms with E-state index in [2.05, 4.69) is 10.3 Å². The van der Waals surface area contributed by atoms with E-state index in [1.165, 1.54) is 24.0 Å². The summed E-state index contributed by atoms with van der Waals surface area (Å²) in [6, 6.07) is 6.58. The summed E-state index contributed by atoms with van der Waals surface area (Å²) in [6.07, 6.45) is 1.41. The maximum atomic E-state index is 11.9. The number of amides is 1. The third-order valence-corrected chi connectivity index (χ3v) is 4.54. The average molecular weight is 382 g/mol. The van der Waals surface area contributed by atoms with Gasteiger partial charge in [-0.1, -0.05) is 46.4 Å². The van der Waals surface area contributed by atoms with Gasteiger partial charge in [-0.15, -0.1) is 11.8 Å². The highest BCUT2D eigenvalue weighted by molar-refractivity contribution is 8.00. The highest BCUT2D eigenvalue weighted by Gasteiger charge is 2.10. The number of carbonyl (C=O) groups is 1. The molecule has 1 N–H and O–H groups in total. The van der Waals surface area contributed by atoms with Crippen LogP contribution in [0, 0.1) is 0 Å². The fraction of sp³-hybridized carbons (Fsp3) is 0.0769. The number of thioether (sulfide) groups is 1. The molecule has 0 bridgehead atoms. The van der Waals surface area contributed by atoms with Crippen LogP contribution in [0.25, 0.3) is 0 Å². The van der Waals surface area contributed by atoms with Crippen LogP contribution >= 0.6 is 58.2 Å². The van der Waals surface area contributed by atoms with Crippen molar-refractivity contribution in [2.75, 3.05) is 11.1 Å². The van der Waals surface area contributed by atoms with Crippen LogP contribution in [0.15, 0.2) is 35.4 Å². The molecule has 110 valence electrons. The first-order valence-corrected chi connectivity index (χ1v) is 8.14. The summed E-state index contributed by atoms with van der Waals surface area (Å²) in [4.78, 5) is 16.6. The zero-order valence-corrected chi connectivity index (χ0v) is 14.2. The lowest BCUT2D eigenvalue weighted by Crippen LogP contribution is -2.15. The Morgan fingerprint density at radius 3 is 2.57 bits per heavy atom. The molecule has 0 fully saturated rings. The number of hydrogen-bond donors (Lipinski definition) is 1. The third-order valence-electron chi connectivity index (χ3n) is 2.32. The van der Waals surface area contributed by atoms with Crippen molar-refractivity contribution in [3.05, 3.63) is 50.6 Å². The fourth-order valence-electron chi connectivity index (χ4n) is 1.41. The van der Waals surface area contributed by atoms with Crippen molar-refractivity contribution < 1.29 is 4.79 Å². The van der Waals surface area contributed by atoms with Gasteiger partial charge in [-0.05, 0) is 24.3 Å². The van der Waals surface area contributed by atoms with Gasteiger partial charge in [0.05, 0.1) is 20.8 Å². The molecule has 1 aromatic carbocycles. The van der Waals surface area contributed by atoms with Crippen LogP contribution in [0.5, 0.6) is 0 Å². The monoisotopic (exact) mass is 380 g/mol. The number of nitrogens with one attached hydrogen (secondary N) is 1. The predicted octanol–water partition coefficient (Wildman–Crippen LogP) is 5.43. The average Bonchev–Trinajstić information content (AvgIpc) is 2.43. The maximum Gasteiger partial charge on any atom is 0.235 e. The number of halogens is 4. The molecule has 0 saturated carbocycles. The summed E-state index contributed by atoms with van der Waals surface area (Å²) < 4.78 is 0. The summed E-state index contributed by atoms with van der Waals surface area (Å²) in [6.45, 7) is 0. The molecule has 1 heterocycles. The van der Waals surface area contributed by atoms with Gasteiger partial charge in [0.1, 0.15) is 0 Å². The van der Waals surface area contributed by atoms with Crippen molar-refractivity contribution in [1.82, 2.24) is 4.98 Å². The lowest BCUT2D eigenvalue weighted by molar-refractivity contribution is -0.113. The zero-order chi connectivity index (χ0) is 15.4. The van der Waals surface area contributed by atoms with Gasteiger partial charge in [0, 0.05) is 16.1 Å². The van der Waals surface area contributed by atoms with Gasteiger partial charge >= 0.3 is 0 Å². The maximum absolute atomic E-state index is 11.9. The molecule has 1 aromatic heterocycles. The number of nitrogens with zero attached hydrogens (tertiary/aromatic N) is 1. The van der Waals surface area contributed by atoms with Crippen LogP contribution in [0.2, 0.25) is 20.1 Å². The Kier molecular flexibility index (Phi) is 6.02. The number of pyridine rings is 1. The number of anilines is 1. The molecule has 21 heavy (non-hydrogen) atoms. The summed E-state index contributed by atoms with van der Waals surface area (Å²) in [5, 5.41) is 4.39. The summed E-state index contributed by atoms with van der Waals surface area (Å²) >= 11 is 24.8. The van der Waals surface area contributed by atoms with E-state index >= 15 is 0 Å². The van der Waals surface area contributed by atoms with E-state index in [0.29, 0.717) is 15.1 Å². The quantitative estimate of drug-likeness (QED) is 0.718. The van der Waals surface area contributed by atoms with E-state index in [9.17, 15) is 4.79 Å². The van der Waals surface area contributed by atoms with Crippen LogP contribution in [-0.4, -0.2) is 16.6 Å². The predicted molar refractivity (Wildman–Crippen MR) is 90.1 cm³/mol. The number of aromatic nitrogens is 1. The topological polar surface area (TPSA) is 42.0 Å². The molecule has 3 nitrogen and oxygen atoms in total. The molecule has 0 unspecified atom stereocenters. The lowest BCUT2D eigenvalue weighted by atomic mass is 10.4. The summed E-state index contributed by atoms with van der Waals surface area (Å²) in [7, 11) is 0. The third kappa shape index (κ3) is 4.94. The SMILES string of the molecule is O=C(CSc1cc(Cl)ccc1Cl)Nc1ncc(Cl)cc1Cl. The number of carbonyl (C=O) groups excluding carboxylic acids is 1. The van der Waals surface area contributed by atoms with Gasteiger partial charge in [0.25, 0.3) is 0 Å². The normalized spacial score (nSPS) is 10.5. The minimum Gasteiger partial charge on any atom is -0.309 e. The van der Waals surface area contributed by atoms with Crippen molar-refractivity contribution in [2.45, 2.75) is 4.90 Å². The standard InChI is InChI=1S/C13H8Cl4N2OS/c14-7-1-2-9(16)11(4-7)21-6-12(20)19-13-10(17)3-8(15)5-18-13/h1-5H,6H2,(H,18,19,20). The van der Waals surface area contributed by atoms with Crippen LogP contribution in [0.3, 0.4) is 0 Å². The second-order valence-electron chi connectivity index (χ2n) is 3.90. The first-order valence-electron chi connectivity index (χ1n) is 5.64. The van der Waals surface area contributed by atoms with E-state index in [1.54, 1.807) is 18.2 Å². The fourth-order valence-corrected chi connectivity index (χ4v) is 3.13. The smallest absolute Gasteiger partial charge is 0.235 e. The molecule has 0 atom stereocenters. The molecule has 0 aliphatic carbocycles. The molecule has 2 rings (SSSR count). The van der Waals surface area contributed by atoms with Crippen LogP contribution in [-0.2, 0) is 4.79 Å². The van der Waals surface area contributed by atoms with Crippen molar-refractivity contribution in [2.24, 2.45) is 0 Å². The first-order chi connectivity index (χ1) is 9.95. The van der Waals surface area contributed by atoms with Crippen LogP contribution in [0.1, 0.15) is 0 Å². The minimum atomic E-state index is -0.257. The van der Waals surface area contributed by atoms with Crippen molar-refractivity contribution >= 4 is 69.9 Å². The highest BCUT2D eigenvalue weighted by Crippen LogP contribution is 2.30. The van der Waals surface area contributed by atoms with Crippen molar-refractivity contribution in [3.8, 4) is 0 Å². The molecule has 0 radical (unpaired) electrons. The van der Waals surface area contributed by atoms with E-state index in [-0.39, 0.29) is 22.5 Å². The number of hydrogen-bond acceptors (Lipinski definition) is 3. The van der Waals surface area contributed by atoms with Gasteiger partial charge in [-0.25, -0.2) is 4.98 Å². The molecule has 2 aromatic rings. The van der Waals surface area contributed by atoms with E-state index < -0.39 is 0 Å². The molecule has 0 spiro atoms. The van der Waals surface area contributed by atoms with E-state index in [1.807, 2.05) is 0 Å². The van der Waals surface area contributed by atoms with Crippen LogP contribution < -0.4 is 5.32 Å². The number of benzene rings is 1. The first kappa shape index (κ1) is 16.7. The Labute approximate surface area is 145 Å². The molecule has 0 aliphatic rings. The summed E-state index contributed by atoms with van der Waals surface area (Å²) in [5.74, 6) is 0.164. The Balaban J connectivity index is 1.97. The van der Waals surface area contributed by atoms with E-state index in [4.69, 9.17) is 46.4 Å². The van der Waals surface area contributed by atoms with Gasteiger partial charge in [0.15, 0.2) is 5.82 Å². The second kappa shape index (κ2) is 7.56. The van der Waals surface area contributed by atoms with Crippen LogP contribution in [0.4, 0.5) is 5.82 Å². The minimum absolute atomic E-state index is 0.153. The molecule has 8 heteroatoms.